The molecular formula is C24H27FN2O4. The lowest BCUT2D eigenvalue weighted by atomic mass is 9.86. The van der Waals surface area contributed by atoms with Crippen molar-refractivity contribution in [2.24, 2.45) is 5.92 Å². The van der Waals surface area contributed by atoms with Crippen molar-refractivity contribution in [3.63, 3.8) is 0 Å². The van der Waals surface area contributed by atoms with Crippen LogP contribution in [-0.2, 0) is 10.2 Å². The van der Waals surface area contributed by atoms with Crippen molar-refractivity contribution >= 4 is 17.4 Å². The monoisotopic (exact) mass is 426 g/mol. The second-order valence-electron chi connectivity index (χ2n) is 9.14. The van der Waals surface area contributed by atoms with E-state index in [2.05, 4.69) is 32.2 Å². The van der Waals surface area contributed by atoms with Gasteiger partial charge in [0, 0.05) is 25.1 Å². The molecule has 0 unspecified atom stereocenters. The standard InChI is InChI=1S/C24H27FN2O4/c1-24(2,3)18-6-4-5-7-21(18)30-13-15-11-27(12-15)23(29)17-8-20-22(9-19(17)25)31-14-16(28)10-26-20/h4-9,15,26H,10-14H2,1-3H3. The molecule has 0 radical (unpaired) electrons. The van der Waals surface area contributed by atoms with Crippen LogP contribution in [0.3, 0.4) is 0 Å². The van der Waals surface area contributed by atoms with Crippen LogP contribution in [0.4, 0.5) is 10.1 Å². The summed E-state index contributed by atoms with van der Waals surface area (Å²) in [5.74, 6) is 0.134. The first kappa shape index (κ1) is 21.2. The number of fused-ring (bicyclic) bond motifs is 1. The van der Waals surface area contributed by atoms with Crippen LogP contribution in [0.5, 0.6) is 11.5 Å². The van der Waals surface area contributed by atoms with Gasteiger partial charge in [-0.1, -0.05) is 39.0 Å². The highest BCUT2D eigenvalue weighted by atomic mass is 19.1. The molecule has 0 spiro atoms. The summed E-state index contributed by atoms with van der Waals surface area (Å²) in [4.78, 5) is 25.9. The number of rotatable bonds is 4. The Hall–Kier alpha value is -3.09. The van der Waals surface area contributed by atoms with E-state index in [-0.39, 0.29) is 47.5 Å². The van der Waals surface area contributed by atoms with Gasteiger partial charge in [-0.3, -0.25) is 9.59 Å². The van der Waals surface area contributed by atoms with Crippen LogP contribution < -0.4 is 14.8 Å². The van der Waals surface area contributed by atoms with Gasteiger partial charge in [-0.05, 0) is 23.1 Å². The number of Topliss-reactive ketones (excluding diaryl/α,β-unsaturated/α-hetero) is 1. The summed E-state index contributed by atoms with van der Waals surface area (Å²) >= 11 is 0. The number of nitrogens with one attached hydrogen (secondary N) is 1. The minimum atomic E-state index is -0.654. The Kier molecular flexibility index (Phi) is 5.60. The van der Waals surface area contributed by atoms with Crippen molar-refractivity contribution in [3.05, 3.63) is 53.3 Å². The van der Waals surface area contributed by atoms with Gasteiger partial charge in [0.05, 0.1) is 24.4 Å². The first-order valence-electron chi connectivity index (χ1n) is 10.5. The van der Waals surface area contributed by atoms with E-state index in [0.29, 0.717) is 25.4 Å². The molecule has 4 rings (SSSR count). The van der Waals surface area contributed by atoms with Crippen molar-refractivity contribution in [1.29, 1.82) is 0 Å². The third-order valence-corrected chi connectivity index (χ3v) is 5.58. The molecular weight excluding hydrogens is 399 g/mol. The molecule has 0 saturated carbocycles. The van der Waals surface area contributed by atoms with Crippen LogP contribution in [0.15, 0.2) is 36.4 Å². The van der Waals surface area contributed by atoms with Crippen LogP contribution in [0.1, 0.15) is 36.7 Å². The third-order valence-electron chi connectivity index (χ3n) is 5.58. The Morgan fingerprint density at radius 2 is 2.00 bits per heavy atom. The molecule has 164 valence electrons. The van der Waals surface area contributed by atoms with E-state index < -0.39 is 5.82 Å². The molecule has 2 aromatic carbocycles. The minimum absolute atomic E-state index is 0.0244. The molecule has 7 heteroatoms. The third kappa shape index (κ3) is 4.50. The normalized spacial score (nSPS) is 16.5. The molecule has 2 aromatic rings. The van der Waals surface area contributed by atoms with Crippen molar-refractivity contribution in [3.8, 4) is 11.5 Å². The Morgan fingerprint density at radius 3 is 2.74 bits per heavy atom. The number of nitrogens with zero attached hydrogens (tertiary/aromatic N) is 1. The summed E-state index contributed by atoms with van der Waals surface area (Å²) in [5.41, 5.74) is 1.54. The first-order valence-corrected chi connectivity index (χ1v) is 10.5. The maximum Gasteiger partial charge on any atom is 0.256 e. The molecule has 2 aliphatic heterocycles. The van der Waals surface area contributed by atoms with E-state index in [1.54, 1.807) is 4.90 Å². The smallest absolute Gasteiger partial charge is 0.256 e. The number of likely N-dealkylation sites (tertiary alicyclic amines) is 1. The van der Waals surface area contributed by atoms with Crippen LogP contribution >= 0.6 is 0 Å². The van der Waals surface area contributed by atoms with Crippen LogP contribution in [0, 0.1) is 11.7 Å². The molecule has 1 fully saturated rings. The molecule has 0 aliphatic carbocycles. The lowest BCUT2D eigenvalue weighted by Crippen LogP contribution is -2.52. The molecule has 6 nitrogen and oxygen atoms in total. The lowest BCUT2D eigenvalue weighted by molar-refractivity contribution is -0.119. The summed E-state index contributed by atoms with van der Waals surface area (Å²) in [6.07, 6.45) is 0. The zero-order chi connectivity index (χ0) is 22.2. The Morgan fingerprint density at radius 1 is 1.26 bits per heavy atom. The van der Waals surface area contributed by atoms with Crippen LogP contribution in [0.2, 0.25) is 0 Å². The summed E-state index contributed by atoms with van der Waals surface area (Å²) < 4.78 is 25.9. The highest BCUT2D eigenvalue weighted by Crippen LogP contribution is 2.33. The number of ketones is 1. The largest absolute Gasteiger partial charge is 0.493 e. The fourth-order valence-corrected chi connectivity index (χ4v) is 3.81. The topological polar surface area (TPSA) is 67.9 Å². The fourth-order valence-electron chi connectivity index (χ4n) is 3.81. The average Bonchev–Trinajstić information content (AvgIpc) is 2.87. The Bertz CT molecular complexity index is 1010. The second kappa shape index (κ2) is 8.21. The molecule has 0 aromatic heterocycles. The van der Waals surface area contributed by atoms with E-state index in [4.69, 9.17) is 9.47 Å². The second-order valence-corrected chi connectivity index (χ2v) is 9.14. The Labute approximate surface area is 181 Å². The predicted molar refractivity (Wildman–Crippen MR) is 115 cm³/mol. The van der Waals surface area contributed by atoms with Crippen LogP contribution in [-0.4, -0.2) is 49.4 Å². The number of carbonyl (C=O) groups is 2. The first-order chi connectivity index (χ1) is 14.7. The number of hydrogen-bond acceptors (Lipinski definition) is 5. The van der Waals surface area contributed by atoms with E-state index in [9.17, 15) is 14.0 Å². The molecule has 0 bridgehead atoms. The van der Waals surface area contributed by atoms with Crippen molar-refractivity contribution in [1.82, 2.24) is 4.90 Å². The van der Waals surface area contributed by atoms with Gasteiger partial charge in [-0.25, -0.2) is 4.39 Å². The number of halogens is 1. The zero-order valence-electron chi connectivity index (χ0n) is 18.0. The fraction of sp³-hybridized carbons (Fsp3) is 0.417. The number of para-hydroxylation sites is 1. The molecule has 31 heavy (non-hydrogen) atoms. The van der Waals surface area contributed by atoms with E-state index in [0.717, 1.165) is 17.4 Å². The van der Waals surface area contributed by atoms with Crippen LogP contribution in [0.25, 0.3) is 0 Å². The van der Waals surface area contributed by atoms with Gasteiger partial charge in [0.25, 0.3) is 5.91 Å². The number of anilines is 1. The molecule has 2 aliphatic rings. The summed E-state index contributed by atoms with van der Waals surface area (Å²) in [6, 6.07) is 10.6. The van der Waals surface area contributed by atoms with Gasteiger partial charge in [0.15, 0.2) is 5.78 Å². The van der Waals surface area contributed by atoms with Gasteiger partial charge < -0.3 is 19.7 Å². The van der Waals surface area contributed by atoms with E-state index in [1.165, 1.54) is 6.07 Å². The highest BCUT2D eigenvalue weighted by molar-refractivity contribution is 5.97. The summed E-state index contributed by atoms with van der Waals surface area (Å²) in [7, 11) is 0. The molecule has 1 N–H and O–H groups in total. The Balaban J connectivity index is 1.37. The molecule has 1 saturated heterocycles. The number of benzene rings is 2. The number of amides is 1. The van der Waals surface area contributed by atoms with Gasteiger partial charge in [0.2, 0.25) is 0 Å². The van der Waals surface area contributed by atoms with Gasteiger partial charge >= 0.3 is 0 Å². The highest BCUT2D eigenvalue weighted by Gasteiger charge is 2.34. The van der Waals surface area contributed by atoms with E-state index in [1.807, 2.05) is 18.2 Å². The van der Waals surface area contributed by atoms with Crippen molar-refractivity contribution < 1.29 is 23.5 Å². The number of carbonyl (C=O) groups excluding carboxylic acids is 2. The SMILES string of the molecule is CC(C)(C)c1ccccc1OCC1CN(C(=O)c2cc3c(cc2F)OCC(=O)CN3)C1. The summed E-state index contributed by atoms with van der Waals surface area (Å²) in [6.45, 7) is 7.92. The quantitative estimate of drug-likeness (QED) is 0.808. The number of hydrogen-bond donors (Lipinski definition) is 1. The van der Waals surface area contributed by atoms with Gasteiger partial charge in [0.1, 0.15) is 23.9 Å². The maximum absolute atomic E-state index is 14.5. The molecule has 0 atom stereocenters. The zero-order valence-corrected chi connectivity index (χ0v) is 18.0. The van der Waals surface area contributed by atoms with Gasteiger partial charge in [-0.2, -0.15) is 0 Å². The summed E-state index contributed by atoms with van der Waals surface area (Å²) in [5, 5.41) is 2.90. The predicted octanol–water partition coefficient (Wildman–Crippen LogP) is 3.65. The van der Waals surface area contributed by atoms with E-state index >= 15 is 0 Å². The lowest BCUT2D eigenvalue weighted by Gasteiger charge is -2.39. The molecule has 1 amide bonds. The number of ether oxygens (including phenoxy) is 2. The average molecular weight is 426 g/mol. The van der Waals surface area contributed by atoms with Crippen molar-refractivity contribution in [2.75, 3.05) is 38.2 Å². The van der Waals surface area contributed by atoms with Gasteiger partial charge in [-0.15, -0.1) is 0 Å². The van der Waals surface area contributed by atoms with Crippen molar-refractivity contribution in [2.45, 2.75) is 26.2 Å². The maximum atomic E-state index is 14.5. The molecule has 2 heterocycles. The minimum Gasteiger partial charge on any atom is -0.493 e.